The van der Waals surface area contributed by atoms with Crippen LogP contribution in [0.2, 0.25) is 0 Å². The van der Waals surface area contributed by atoms with Gasteiger partial charge in [-0.2, -0.15) is 0 Å². The van der Waals surface area contributed by atoms with Gasteiger partial charge in [-0.3, -0.25) is 0 Å². The van der Waals surface area contributed by atoms with Gasteiger partial charge in [-0.05, 0) is 57.0 Å². The lowest BCUT2D eigenvalue weighted by Gasteiger charge is -2.06. The van der Waals surface area contributed by atoms with Crippen molar-refractivity contribution in [2.24, 2.45) is 5.73 Å². The van der Waals surface area contributed by atoms with E-state index in [9.17, 15) is 4.39 Å². The minimum Gasteiger partial charge on any atom is -0.328 e. The Morgan fingerprint density at radius 3 is 2.88 bits per heavy atom. The van der Waals surface area contributed by atoms with Crippen molar-refractivity contribution in [2.45, 2.75) is 32.2 Å². The summed E-state index contributed by atoms with van der Waals surface area (Å²) in [6, 6.07) is 7.04. The van der Waals surface area contributed by atoms with Gasteiger partial charge in [0.05, 0.1) is 0 Å². The van der Waals surface area contributed by atoms with E-state index in [0.717, 1.165) is 37.9 Å². The number of rotatable bonds is 7. The summed E-state index contributed by atoms with van der Waals surface area (Å²) >= 11 is 0. The standard InChI is InChI=1S/C13H21FN2/c1-11(15)4-3-8-16-9-7-12-5-2-6-13(14)10-12/h2,5-6,10-11,16H,3-4,7-9,15H2,1H3. The van der Waals surface area contributed by atoms with Gasteiger partial charge in [0.25, 0.3) is 0 Å². The number of hydrogen-bond donors (Lipinski definition) is 2. The zero-order valence-electron chi connectivity index (χ0n) is 9.88. The zero-order valence-corrected chi connectivity index (χ0v) is 9.88. The van der Waals surface area contributed by atoms with Crippen LogP contribution in [0.4, 0.5) is 4.39 Å². The molecule has 3 heteroatoms. The Morgan fingerprint density at radius 2 is 2.19 bits per heavy atom. The van der Waals surface area contributed by atoms with E-state index >= 15 is 0 Å². The molecule has 0 aromatic heterocycles. The lowest BCUT2D eigenvalue weighted by atomic mass is 10.1. The lowest BCUT2D eigenvalue weighted by molar-refractivity contribution is 0.574. The van der Waals surface area contributed by atoms with Gasteiger partial charge in [-0.15, -0.1) is 0 Å². The van der Waals surface area contributed by atoms with Gasteiger partial charge in [0.15, 0.2) is 0 Å². The van der Waals surface area contributed by atoms with Gasteiger partial charge in [0.1, 0.15) is 5.82 Å². The van der Waals surface area contributed by atoms with Gasteiger partial charge >= 0.3 is 0 Å². The molecule has 0 radical (unpaired) electrons. The van der Waals surface area contributed by atoms with Crippen LogP contribution < -0.4 is 11.1 Å². The van der Waals surface area contributed by atoms with Crippen LogP contribution in [0.25, 0.3) is 0 Å². The third kappa shape index (κ3) is 5.83. The van der Waals surface area contributed by atoms with Gasteiger partial charge in [0.2, 0.25) is 0 Å². The first-order chi connectivity index (χ1) is 7.68. The van der Waals surface area contributed by atoms with Crippen molar-refractivity contribution < 1.29 is 4.39 Å². The van der Waals surface area contributed by atoms with Crippen molar-refractivity contribution in [3.63, 3.8) is 0 Å². The van der Waals surface area contributed by atoms with Crippen LogP contribution in [0.3, 0.4) is 0 Å². The smallest absolute Gasteiger partial charge is 0.123 e. The molecule has 0 saturated carbocycles. The number of nitrogens with one attached hydrogen (secondary N) is 1. The molecule has 1 rings (SSSR count). The minimum atomic E-state index is -0.158. The Balaban J connectivity index is 2.07. The summed E-state index contributed by atoms with van der Waals surface area (Å²) in [5.41, 5.74) is 6.69. The van der Waals surface area contributed by atoms with E-state index < -0.39 is 0 Å². The fourth-order valence-corrected chi connectivity index (χ4v) is 1.60. The highest BCUT2D eigenvalue weighted by atomic mass is 19.1. The topological polar surface area (TPSA) is 38.0 Å². The second-order valence-corrected chi connectivity index (χ2v) is 4.25. The summed E-state index contributed by atoms with van der Waals surface area (Å²) in [5, 5.41) is 3.33. The number of halogens is 1. The van der Waals surface area contributed by atoms with Crippen molar-refractivity contribution in [3.05, 3.63) is 35.6 Å². The summed E-state index contributed by atoms with van der Waals surface area (Å²) < 4.78 is 12.9. The number of nitrogens with two attached hydrogens (primary N) is 1. The minimum absolute atomic E-state index is 0.158. The summed E-state index contributed by atoms with van der Waals surface area (Å²) in [4.78, 5) is 0. The molecule has 0 bridgehead atoms. The van der Waals surface area contributed by atoms with Gasteiger partial charge < -0.3 is 11.1 Å². The maximum absolute atomic E-state index is 12.9. The van der Waals surface area contributed by atoms with E-state index in [1.807, 2.05) is 13.0 Å². The quantitative estimate of drug-likeness (QED) is 0.696. The van der Waals surface area contributed by atoms with Gasteiger partial charge in [-0.1, -0.05) is 12.1 Å². The van der Waals surface area contributed by atoms with Crippen LogP contribution in [0.5, 0.6) is 0 Å². The predicted octanol–water partition coefficient (Wildman–Crippen LogP) is 2.09. The molecule has 2 nitrogen and oxygen atoms in total. The van der Waals surface area contributed by atoms with E-state index in [1.165, 1.54) is 6.07 Å². The summed E-state index contributed by atoms with van der Waals surface area (Å²) in [5.74, 6) is -0.158. The number of benzene rings is 1. The Hall–Kier alpha value is -0.930. The van der Waals surface area contributed by atoms with Crippen molar-refractivity contribution in [1.29, 1.82) is 0 Å². The average molecular weight is 224 g/mol. The SMILES string of the molecule is CC(N)CCCNCCc1cccc(F)c1. The molecule has 0 amide bonds. The average Bonchev–Trinajstić information content (AvgIpc) is 2.23. The molecule has 1 atom stereocenters. The molecule has 0 spiro atoms. The first-order valence-electron chi connectivity index (χ1n) is 5.89. The van der Waals surface area contributed by atoms with Crippen LogP contribution in [-0.2, 0) is 6.42 Å². The molecular weight excluding hydrogens is 203 g/mol. The molecule has 0 heterocycles. The van der Waals surface area contributed by atoms with Gasteiger partial charge in [-0.25, -0.2) is 4.39 Å². The van der Waals surface area contributed by atoms with Crippen LogP contribution >= 0.6 is 0 Å². The van der Waals surface area contributed by atoms with Crippen LogP contribution in [-0.4, -0.2) is 19.1 Å². The zero-order chi connectivity index (χ0) is 11.8. The fourth-order valence-electron chi connectivity index (χ4n) is 1.60. The maximum Gasteiger partial charge on any atom is 0.123 e. The molecule has 1 aromatic carbocycles. The fraction of sp³-hybridized carbons (Fsp3) is 0.538. The van der Waals surface area contributed by atoms with E-state index in [4.69, 9.17) is 5.73 Å². The Labute approximate surface area is 97.0 Å². The lowest BCUT2D eigenvalue weighted by Crippen LogP contribution is -2.21. The molecule has 3 N–H and O–H groups in total. The molecular formula is C13H21FN2. The summed E-state index contributed by atoms with van der Waals surface area (Å²) in [7, 11) is 0. The second kappa shape index (κ2) is 7.36. The monoisotopic (exact) mass is 224 g/mol. The first-order valence-corrected chi connectivity index (χ1v) is 5.89. The van der Waals surface area contributed by atoms with E-state index in [0.29, 0.717) is 0 Å². The molecule has 0 fully saturated rings. The van der Waals surface area contributed by atoms with Crippen LogP contribution in [0.15, 0.2) is 24.3 Å². The third-order valence-corrected chi connectivity index (χ3v) is 2.49. The van der Waals surface area contributed by atoms with E-state index in [-0.39, 0.29) is 11.9 Å². The molecule has 0 aliphatic carbocycles. The normalized spacial score (nSPS) is 12.7. The first kappa shape index (κ1) is 13.1. The van der Waals surface area contributed by atoms with Gasteiger partial charge in [0, 0.05) is 6.04 Å². The Morgan fingerprint density at radius 1 is 1.38 bits per heavy atom. The van der Waals surface area contributed by atoms with Crippen molar-refractivity contribution in [3.8, 4) is 0 Å². The highest BCUT2D eigenvalue weighted by Crippen LogP contribution is 2.03. The van der Waals surface area contributed by atoms with Crippen molar-refractivity contribution in [2.75, 3.05) is 13.1 Å². The second-order valence-electron chi connectivity index (χ2n) is 4.25. The van der Waals surface area contributed by atoms with Crippen molar-refractivity contribution in [1.82, 2.24) is 5.32 Å². The maximum atomic E-state index is 12.9. The summed E-state index contributed by atoms with van der Waals surface area (Å²) in [6.07, 6.45) is 3.02. The van der Waals surface area contributed by atoms with Crippen LogP contribution in [0.1, 0.15) is 25.3 Å². The van der Waals surface area contributed by atoms with Crippen molar-refractivity contribution >= 4 is 0 Å². The molecule has 1 aromatic rings. The Kier molecular flexibility index (Phi) is 6.04. The third-order valence-electron chi connectivity index (χ3n) is 2.49. The predicted molar refractivity (Wildman–Crippen MR) is 65.9 cm³/mol. The molecule has 0 aliphatic heterocycles. The highest BCUT2D eigenvalue weighted by Gasteiger charge is 1.96. The molecule has 90 valence electrons. The molecule has 1 unspecified atom stereocenters. The molecule has 0 saturated heterocycles. The molecule has 0 aliphatic rings. The number of hydrogen-bond acceptors (Lipinski definition) is 2. The van der Waals surface area contributed by atoms with Crippen LogP contribution in [0, 0.1) is 5.82 Å². The largest absolute Gasteiger partial charge is 0.328 e. The molecule has 16 heavy (non-hydrogen) atoms. The van der Waals surface area contributed by atoms with E-state index in [1.54, 1.807) is 12.1 Å². The Bertz CT molecular complexity index is 300. The summed E-state index contributed by atoms with van der Waals surface area (Å²) in [6.45, 7) is 3.89. The van der Waals surface area contributed by atoms with E-state index in [2.05, 4.69) is 5.32 Å². The highest BCUT2D eigenvalue weighted by molar-refractivity contribution is 5.16.